The van der Waals surface area contributed by atoms with Crippen LogP contribution in [0.25, 0.3) is 0 Å². The minimum absolute atomic E-state index is 0.715. The molecule has 0 saturated heterocycles. The lowest BCUT2D eigenvalue weighted by Gasteiger charge is -2.34. The van der Waals surface area contributed by atoms with Crippen LogP contribution in [0.1, 0.15) is 49.9 Å². The average Bonchev–Trinajstić information content (AvgIpc) is 2.38. The van der Waals surface area contributed by atoms with Crippen LogP contribution in [0.4, 0.5) is 0 Å². The van der Waals surface area contributed by atoms with E-state index in [1.807, 2.05) is 6.20 Å². The van der Waals surface area contributed by atoms with Crippen LogP contribution in [0.3, 0.4) is 0 Å². The fourth-order valence-corrected chi connectivity index (χ4v) is 3.07. The molecule has 1 aliphatic rings. The van der Waals surface area contributed by atoms with Crippen LogP contribution in [-0.4, -0.2) is 29.0 Å². The highest BCUT2D eigenvalue weighted by Crippen LogP contribution is 2.24. The highest BCUT2D eigenvalue weighted by Gasteiger charge is 2.24. The van der Waals surface area contributed by atoms with Crippen molar-refractivity contribution in [3.8, 4) is 0 Å². The van der Waals surface area contributed by atoms with Gasteiger partial charge in [0.2, 0.25) is 0 Å². The molecule has 2 heteroatoms. The lowest BCUT2D eigenvalue weighted by Crippen LogP contribution is -2.40. The van der Waals surface area contributed by atoms with Crippen LogP contribution < -0.4 is 0 Å². The van der Waals surface area contributed by atoms with Crippen molar-refractivity contribution in [3.63, 3.8) is 0 Å². The van der Waals surface area contributed by atoms with E-state index < -0.39 is 0 Å². The maximum Gasteiger partial charge on any atom is 0.0451 e. The smallest absolute Gasteiger partial charge is 0.0451 e. The first kappa shape index (κ1) is 13.5. The van der Waals surface area contributed by atoms with Gasteiger partial charge in [-0.3, -0.25) is 4.98 Å². The van der Waals surface area contributed by atoms with Gasteiger partial charge >= 0.3 is 0 Å². The van der Waals surface area contributed by atoms with Gasteiger partial charge in [0, 0.05) is 24.4 Å². The Hall–Kier alpha value is -0.890. The molecule has 0 fully saturated rings. The molecule has 2 nitrogen and oxygen atoms in total. The molecule has 18 heavy (non-hydrogen) atoms. The third-order valence-electron chi connectivity index (χ3n) is 3.91. The standard InChI is InChI=1S/C16H26N2/c1-4-8-18(9-5-2)15-7-6-14-10-13(3)12-17-16(14)11-15/h10,12,15H,4-9,11H2,1-3H3. The van der Waals surface area contributed by atoms with Gasteiger partial charge in [0.1, 0.15) is 0 Å². The third-order valence-corrected chi connectivity index (χ3v) is 3.91. The predicted molar refractivity (Wildman–Crippen MR) is 76.9 cm³/mol. The van der Waals surface area contributed by atoms with Gasteiger partial charge in [-0.15, -0.1) is 0 Å². The van der Waals surface area contributed by atoms with Crippen molar-refractivity contribution in [1.82, 2.24) is 9.88 Å². The molecule has 2 rings (SSSR count). The molecule has 1 aliphatic carbocycles. The predicted octanol–water partition coefficient (Wildman–Crippen LogP) is 3.37. The molecule has 1 unspecified atom stereocenters. The first-order valence-electron chi connectivity index (χ1n) is 7.43. The Kier molecular flexibility index (Phi) is 4.76. The van der Waals surface area contributed by atoms with E-state index in [0.29, 0.717) is 6.04 Å². The van der Waals surface area contributed by atoms with Crippen molar-refractivity contribution in [3.05, 3.63) is 29.1 Å². The summed E-state index contributed by atoms with van der Waals surface area (Å²) in [5.74, 6) is 0. The molecule has 0 aliphatic heterocycles. The Morgan fingerprint density at radius 2 is 2.00 bits per heavy atom. The van der Waals surface area contributed by atoms with Crippen LogP contribution in [-0.2, 0) is 12.8 Å². The Morgan fingerprint density at radius 3 is 2.67 bits per heavy atom. The Bertz CT molecular complexity index is 381. The van der Waals surface area contributed by atoms with E-state index in [9.17, 15) is 0 Å². The molecule has 0 radical (unpaired) electrons. The van der Waals surface area contributed by atoms with Gasteiger partial charge in [0.25, 0.3) is 0 Å². The van der Waals surface area contributed by atoms with Crippen LogP contribution >= 0.6 is 0 Å². The zero-order valence-corrected chi connectivity index (χ0v) is 12.1. The number of aryl methyl sites for hydroxylation is 2. The molecule has 0 N–H and O–H groups in total. The second-order valence-corrected chi connectivity index (χ2v) is 5.55. The third kappa shape index (κ3) is 3.11. The van der Waals surface area contributed by atoms with Crippen molar-refractivity contribution in [1.29, 1.82) is 0 Å². The quantitative estimate of drug-likeness (QED) is 0.792. The molecule has 100 valence electrons. The zero-order chi connectivity index (χ0) is 13.0. The van der Waals surface area contributed by atoms with Gasteiger partial charge in [0.05, 0.1) is 0 Å². The van der Waals surface area contributed by atoms with Gasteiger partial charge in [-0.1, -0.05) is 19.9 Å². The second-order valence-electron chi connectivity index (χ2n) is 5.55. The van der Waals surface area contributed by atoms with Gasteiger partial charge < -0.3 is 4.90 Å². The lowest BCUT2D eigenvalue weighted by atomic mass is 9.90. The van der Waals surface area contributed by atoms with Crippen molar-refractivity contribution in [2.45, 2.75) is 58.9 Å². The zero-order valence-electron chi connectivity index (χ0n) is 12.1. The van der Waals surface area contributed by atoms with Gasteiger partial charge in [0.15, 0.2) is 0 Å². The number of pyridine rings is 1. The summed E-state index contributed by atoms with van der Waals surface area (Å²) >= 11 is 0. The van der Waals surface area contributed by atoms with E-state index in [4.69, 9.17) is 0 Å². The number of aromatic nitrogens is 1. The van der Waals surface area contributed by atoms with E-state index in [2.05, 4.69) is 36.7 Å². The minimum Gasteiger partial charge on any atom is -0.300 e. The van der Waals surface area contributed by atoms with Crippen LogP contribution in [0.15, 0.2) is 12.3 Å². The van der Waals surface area contributed by atoms with Gasteiger partial charge in [-0.2, -0.15) is 0 Å². The number of hydrogen-bond donors (Lipinski definition) is 0. The van der Waals surface area contributed by atoms with Gasteiger partial charge in [-0.25, -0.2) is 0 Å². The number of nitrogens with zero attached hydrogens (tertiary/aromatic N) is 2. The molecule has 1 atom stereocenters. The van der Waals surface area contributed by atoms with Gasteiger partial charge in [-0.05, 0) is 56.8 Å². The van der Waals surface area contributed by atoms with E-state index in [1.165, 1.54) is 55.6 Å². The molecule has 0 amide bonds. The molecular weight excluding hydrogens is 220 g/mol. The highest BCUT2D eigenvalue weighted by atomic mass is 15.1. The maximum absolute atomic E-state index is 4.65. The number of rotatable bonds is 5. The molecule has 0 saturated carbocycles. The molecule has 0 bridgehead atoms. The maximum atomic E-state index is 4.65. The van der Waals surface area contributed by atoms with E-state index in [0.717, 1.165) is 6.42 Å². The average molecular weight is 246 g/mol. The molecule has 1 aromatic rings. The molecule has 1 heterocycles. The van der Waals surface area contributed by atoms with Crippen molar-refractivity contribution in [2.24, 2.45) is 0 Å². The summed E-state index contributed by atoms with van der Waals surface area (Å²) in [5.41, 5.74) is 4.12. The van der Waals surface area contributed by atoms with Crippen LogP contribution in [0.5, 0.6) is 0 Å². The summed E-state index contributed by atoms with van der Waals surface area (Å²) in [7, 11) is 0. The first-order chi connectivity index (χ1) is 8.74. The molecule has 1 aromatic heterocycles. The summed E-state index contributed by atoms with van der Waals surface area (Å²) in [6, 6.07) is 3.04. The molecular formula is C16H26N2. The van der Waals surface area contributed by atoms with Crippen LogP contribution in [0.2, 0.25) is 0 Å². The summed E-state index contributed by atoms with van der Waals surface area (Å²) in [6.45, 7) is 9.17. The Labute approximate surface area is 111 Å². The minimum atomic E-state index is 0.715. The number of hydrogen-bond acceptors (Lipinski definition) is 2. The summed E-state index contributed by atoms with van der Waals surface area (Å²) in [6.07, 6.45) is 8.19. The van der Waals surface area contributed by atoms with Crippen molar-refractivity contribution >= 4 is 0 Å². The summed E-state index contributed by atoms with van der Waals surface area (Å²) < 4.78 is 0. The summed E-state index contributed by atoms with van der Waals surface area (Å²) in [4.78, 5) is 7.32. The SMILES string of the molecule is CCCN(CCC)C1CCc2cc(C)cnc2C1. The normalized spacial score (nSPS) is 19.0. The lowest BCUT2D eigenvalue weighted by molar-refractivity contribution is 0.178. The first-order valence-corrected chi connectivity index (χ1v) is 7.43. The topological polar surface area (TPSA) is 16.1 Å². The Morgan fingerprint density at radius 1 is 1.28 bits per heavy atom. The van der Waals surface area contributed by atoms with Crippen molar-refractivity contribution in [2.75, 3.05) is 13.1 Å². The van der Waals surface area contributed by atoms with E-state index in [1.54, 1.807) is 0 Å². The molecule has 0 aromatic carbocycles. The highest BCUT2D eigenvalue weighted by molar-refractivity contribution is 5.27. The fourth-order valence-electron chi connectivity index (χ4n) is 3.07. The Balaban J connectivity index is 2.07. The monoisotopic (exact) mass is 246 g/mol. The van der Waals surface area contributed by atoms with Crippen molar-refractivity contribution < 1.29 is 0 Å². The van der Waals surface area contributed by atoms with E-state index in [-0.39, 0.29) is 0 Å². The van der Waals surface area contributed by atoms with E-state index >= 15 is 0 Å². The van der Waals surface area contributed by atoms with Crippen LogP contribution in [0, 0.1) is 6.92 Å². The summed E-state index contributed by atoms with van der Waals surface area (Å²) in [5, 5.41) is 0. The molecule has 0 spiro atoms. The second kappa shape index (κ2) is 6.33. The fraction of sp³-hybridized carbons (Fsp3) is 0.688. The number of fused-ring (bicyclic) bond motifs is 1. The largest absolute Gasteiger partial charge is 0.300 e.